The molecule has 92 valence electrons. The Labute approximate surface area is 101 Å². The fourth-order valence-corrected chi connectivity index (χ4v) is 2.30. The lowest BCUT2D eigenvalue weighted by atomic mass is 9.96. The van der Waals surface area contributed by atoms with Crippen LogP contribution < -0.4 is 10.6 Å². The quantitative estimate of drug-likeness (QED) is 0.624. The Kier molecular flexibility index (Phi) is 3.52. The number of rotatable bonds is 2. The molecule has 1 aromatic carbocycles. The van der Waals surface area contributed by atoms with Gasteiger partial charge in [-0.05, 0) is 25.0 Å². The van der Waals surface area contributed by atoms with Crippen molar-refractivity contribution >= 4 is 17.3 Å². The van der Waals surface area contributed by atoms with Crippen LogP contribution in [-0.4, -0.2) is 26.2 Å². The largest absolute Gasteiger partial charge is 0.469 e. The summed E-state index contributed by atoms with van der Waals surface area (Å²) >= 11 is 0. The zero-order chi connectivity index (χ0) is 12.3. The minimum absolute atomic E-state index is 0.0428. The van der Waals surface area contributed by atoms with Gasteiger partial charge in [0.2, 0.25) is 0 Å². The molecule has 1 saturated heterocycles. The van der Waals surface area contributed by atoms with Crippen LogP contribution in [0.3, 0.4) is 0 Å². The van der Waals surface area contributed by atoms with Gasteiger partial charge in [0.05, 0.1) is 24.4 Å². The third-order valence-corrected chi connectivity index (χ3v) is 3.31. The van der Waals surface area contributed by atoms with Gasteiger partial charge in [0, 0.05) is 13.1 Å². The van der Waals surface area contributed by atoms with E-state index in [4.69, 9.17) is 10.5 Å². The van der Waals surface area contributed by atoms with E-state index in [9.17, 15) is 4.79 Å². The molecule has 0 atom stereocenters. The maximum atomic E-state index is 11.4. The predicted octanol–water partition coefficient (Wildman–Crippen LogP) is 1.66. The summed E-state index contributed by atoms with van der Waals surface area (Å²) in [7, 11) is 1.45. The van der Waals surface area contributed by atoms with Crippen molar-refractivity contribution in [1.82, 2.24) is 0 Å². The van der Waals surface area contributed by atoms with E-state index in [0.717, 1.165) is 37.3 Å². The third-order valence-electron chi connectivity index (χ3n) is 3.31. The fourth-order valence-electron chi connectivity index (χ4n) is 2.30. The summed E-state index contributed by atoms with van der Waals surface area (Å²) in [6.07, 6.45) is 1.67. The highest BCUT2D eigenvalue weighted by atomic mass is 16.5. The van der Waals surface area contributed by atoms with Crippen LogP contribution in [0.1, 0.15) is 12.8 Å². The second-order valence-corrected chi connectivity index (χ2v) is 4.34. The van der Waals surface area contributed by atoms with Crippen molar-refractivity contribution in [3.05, 3.63) is 24.3 Å². The van der Waals surface area contributed by atoms with Crippen LogP contribution in [0.4, 0.5) is 11.4 Å². The van der Waals surface area contributed by atoms with Gasteiger partial charge in [0.15, 0.2) is 0 Å². The van der Waals surface area contributed by atoms with Gasteiger partial charge in [-0.25, -0.2) is 0 Å². The summed E-state index contributed by atoms with van der Waals surface area (Å²) in [4.78, 5) is 13.6. The molecule has 1 aromatic rings. The number of nitrogen functional groups attached to an aromatic ring is 1. The number of benzene rings is 1. The Morgan fingerprint density at radius 2 is 2.00 bits per heavy atom. The van der Waals surface area contributed by atoms with Gasteiger partial charge in [-0.3, -0.25) is 4.79 Å². The summed E-state index contributed by atoms with van der Waals surface area (Å²) in [6, 6.07) is 7.84. The lowest BCUT2D eigenvalue weighted by molar-refractivity contribution is -0.146. The maximum Gasteiger partial charge on any atom is 0.308 e. The standard InChI is InChI=1S/C13H18N2O2/c1-17-13(16)10-6-8-15(9-7-10)12-5-3-2-4-11(12)14/h2-5,10H,6-9,14H2,1H3. The first-order chi connectivity index (χ1) is 8.22. The zero-order valence-electron chi connectivity index (χ0n) is 10.1. The average Bonchev–Trinajstić information content (AvgIpc) is 2.39. The number of esters is 1. The predicted molar refractivity (Wildman–Crippen MR) is 67.8 cm³/mol. The van der Waals surface area contributed by atoms with Crippen LogP contribution in [0.5, 0.6) is 0 Å². The monoisotopic (exact) mass is 234 g/mol. The highest BCUT2D eigenvalue weighted by molar-refractivity contribution is 5.73. The zero-order valence-corrected chi connectivity index (χ0v) is 10.1. The molecule has 1 aliphatic rings. The van der Waals surface area contributed by atoms with Crippen molar-refractivity contribution in [1.29, 1.82) is 0 Å². The summed E-state index contributed by atoms with van der Waals surface area (Å²) in [5.74, 6) is -0.0492. The Morgan fingerprint density at radius 1 is 1.35 bits per heavy atom. The highest BCUT2D eigenvalue weighted by Crippen LogP contribution is 2.27. The first-order valence-corrected chi connectivity index (χ1v) is 5.89. The molecule has 0 saturated carbocycles. The Bertz CT molecular complexity index is 398. The fraction of sp³-hybridized carbons (Fsp3) is 0.462. The number of para-hydroxylation sites is 2. The van der Waals surface area contributed by atoms with Gasteiger partial charge in [-0.1, -0.05) is 12.1 Å². The van der Waals surface area contributed by atoms with Crippen LogP contribution in [0.25, 0.3) is 0 Å². The van der Waals surface area contributed by atoms with Crippen molar-refractivity contribution in [3.8, 4) is 0 Å². The van der Waals surface area contributed by atoms with E-state index < -0.39 is 0 Å². The van der Waals surface area contributed by atoms with Crippen molar-refractivity contribution in [2.24, 2.45) is 5.92 Å². The smallest absolute Gasteiger partial charge is 0.308 e. The first kappa shape index (κ1) is 11.8. The molecule has 0 spiro atoms. The summed E-state index contributed by atoms with van der Waals surface area (Å²) in [5, 5.41) is 0. The number of carbonyl (C=O) groups is 1. The van der Waals surface area contributed by atoms with Crippen LogP contribution in [-0.2, 0) is 9.53 Å². The van der Waals surface area contributed by atoms with E-state index >= 15 is 0 Å². The molecular formula is C13H18N2O2. The molecule has 0 aliphatic carbocycles. The number of piperidine rings is 1. The minimum Gasteiger partial charge on any atom is -0.469 e. The third kappa shape index (κ3) is 2.52. The number of nitrogens with zero attached hydrogens (tertiary/aromatic N) is 1. The van der Waals surface area contributed by atoms with Gasteiger partial charge in [0.1, 0.15) is 0 Å². The van der Waals surface area contributed by atoms with Crippen molar-refractivity contribution in [2.75, 3.05) is 30.8 Å². The van der Waals surface area contributed by atoms with Crippen LogP contribution in [0, 0.1) is 5.92 Å². The van der Waals surface area contributed by atoms with Gasteiger partial charge < -0.3 is 15.4 Å². The number of ether oxygens (including phenoxy) is 1. The number of nitrogens with two attached hydrogens (primary N) is 1. The molecule has 0 unspecified atom stereocenters. The van der Waals surface area contributed by atoms with Gasteiger partial charge in [0.25, 0.3) is 0 Å². The van der Waals surface area contributed by atoms with Crippen molar-refractivity contribution in [3.63, 3.8) is 0 Å². The summed E-state index contributed by atoms with van der Waals surface area (Å²) in [6.45, 7) is 1.71. The highest BCUT2D eigenvalue weighted by Gasteiger charge is 2.26. The molecule has 1 heterocycles. The number of hydrogen-bond acceptors (Lipinski definition) is 4. The van der Waals surface area contributed by atoms with Gasteiger partial charge >= 0.3 is 5.97 Å². The summed E-state index contributed by atoms with van der Waals surface area (Å²) in [5.41, 5.74) is 7.80. The lowest BCUT2D eigenvalue weighted by Gasteiger charge is -2.33. The molecule has 1 aliphatic heterocycles. The van der Waals surface area contributed by atoms with E-state index in [2.05, 4.69) is 4.90 Å². The van der Waals surface area contributed by atoms with E-state index in [1.54, 1.807) is 0 Å². The normalized spacial score (nSPS) is 16.9. The molecule has 2 N–H and O–H groups in total. The van der Waals surface area contributed by atoms with Crippen LogP contribution in [0.15, 0.2) is 24.3 Å². The van der Waals surface area contributed by atoms with Crippen molar-refractivity contribution < 1.29 is 9.53 Å². The number of hydrogen-bond donors (Lipinski definition) is 1. The maximum absolute atomic E-state index is 11.4. The van der Waals surface area contributed by atoms with Gasteiger partial charge in [-0.15, -0.1) is 0 Å². The van der Waals surface area contributed by atoms with E-state index in [1.165, 1.54) is 7.11 Å². The Morgan fingerprint density at radius 3 is 2.59 bits per heavy atom. The molecule has 4 nitrogen and oxygen atoms in total. The Balaban J connectivity index is 2.00. The molecular weight excluding hydrogens is 216 g/mol. The van der Waals surface area contributed by atoms with E-state index in [-0.39, 0.29) is 11.9 Å². The van der Waals surface area contributed by atoms with Crippen molar-refractivity contribution in [2.45, 2.75) is 12.8 Å². The van der Waals surface area contributed by atoms with Gasteiger partial charge in [-0.2, -0.15) is 0 Å². The molecule has 0 radical (unpaired) electrons. The minimum atomic E-state index is -0.0920. The molecule has 4 heteroatoms. The molecule has 1 fully saturated rings. The molecule has 2 rings (SSSR count). The van der Waals surface area contributed by atoms with E-state index in [1.807, 2.05) is 24.3 Å². The number of anilines is 2. The first-order valence-electron chi connectivity index (χ1n) is 5.89. The molecule has 17 heavy (non-hydrogen) atoms. The average molecular weight is 234 g/mol. The van der Waals surface area contributed by atoms with Crippen LogP contribution in [0.2, 0.25) is 0 Å². The number of methoxy groups -OCH3 is 1. The van der Waals surface area contributed by atoms with Crippen LogP contribution >= 0.6 is 0 Å². The second kappa shape index (κ2) is 5.08. The second-order valence-electron chi connectivity index (χ2n) is 4.34. The lowest BCUT2D eigenvalue weighted by Crippen LogP contribution is -2.37. The Hall–Kier alpha value is -1.71. The molecule has 0 aromatic heterocycles. The summed E-state index contributed by atoms with van der Waals surface area (Å²) < 4.78 is 4.77. The molecule has 0 amide bonds. The van der Waals surface area contributed by atoms with E-state index in [0.29, 0.717) is 0 Å². The number of carbonyl (C=O) groups excluding carboxylic acids is 1. The topological polar surface area (TPSA) is 55.6 Å². The molecule has 0 bridgehead atoms. The SMILES string of the molecule is COC(=O)C1CCN(c2ccccc2N)CC1.